The van der Waals surface area contributed by atoms with Crippen molar-refractivity contribution in [3.8, 4) is 0 Å². The summed E-state index contributed by atoms with van der Waals surface area (Å²) in [4.78, 5) is 6.54. The predicted octanol–water partition coefficient (Wildman–Crippen LogP) is 4.72. The average molecular weight is 362 g/mol. The van der Waals surface area contributed by atoms with E-state index < -0.39 is 0 Å². The largest absolute Gasteiger partial charge is 0.378 e. The van der Waals surface area contributed by atoms with E-state index >= 15 is 0 Å². The Kier molecular flexibility index (Phi) is 5.26. The Morgan fingerprint density at radius 2 is 1.41 bits per heavy atom. The summed E-state index contributed by atoms with van der Waals surface area (Å²) in [5, 5.41) is 14.5. The first-order valence-corrected chi connectivity index (χ1v) is 8.93. The Morgan fingerprint density at radius 3 is 2.00 bits per heavy atom. The van der Waals surface area contributed by atoms with Crippen molar-refractivity contribution >= 4 is 28.8 Å². The molecule has 0 fully saturated rings. The fraction of sp³-hybridized carbons (Fsp3) is 0.286. The number of benzene rings is 2. The second-order valence-corrected chi connectivity index (χ2v) is 7.68. The van der Waals surface area contributed by atoms with E-state index in [0.717, 1.165) is 17.1 Å². The summed E-state index contributed by atoms with van der Waals surface area (Å²) in [6.07, 6.45) is 1.61. The topological polar surface area (TPSA) is 66.0 Å². The fourth-order valence-electron chi connectivity index (χ4n) is 2.59. The summed E-state index contributed by atoms with van der Waals surface area (Å²) < 4.78 is 0. The van der Waals surface area contributed by atoms with Crippen LogP contribution in [0.25, 0.3) is 0 Å². The molecule has 2 aromatic carbocycles. The molecule has 0 spiro atoms. The van der Waals surface area contributed by atoms with Gasteiger partial charge in [-0.1, -0.05) is 32.9 Å². The van der Waals surface area contributed by atoms with Crippen molar-refractivity contribution in [1.29, 1.82) is 0 Å². The Hall–Kier alpha value is -3.15. The molecule has 0 aliphatic heterocycles. The van der Waals surface area contributed by atoms with Gasteiger partial charge in [0.2, 0.25) is 5.95 Å². The van der Waals surface area contributed by atoms with Crippen LogP contribution in [0.15, 0.2) is 54.7 Å². The van der Waals surface area contributed by atoms with Crippen LogP contribution in [0.4, 0.5) is 28.8 Å². The highest BCUT2D eigenvalue weighted by Crippen LogP contribution is 2.25. The van der Waals surface area contributed by atoms with Crippen LogP contribution in [0, 0.1) is 0 Å². The van der Waals surface area contributed by atoms with Crippen LogP contribution in [0.5, 0.6) is 0 Å². The average Bonchev–Trinajstić information content (AvgIpc) is 2.62. The number of hydrogen-bond acceptors (Lipinski definition) is 6. The summed E-state index contributed by atoms with van der Waals surface area (Å²) >= 11 is 0. The Balaban J connectivity index is 1.70. The van der Waals surface area contributed by atoms with Gasteiger partial charge in [-0.2, -0.15) is 10.1 Å². The number of nitrogens with zero attached hydrogens (tertiary/aromatic N) is 4. The lowest BCUT2D eigenvalue weighted by atomic mass is 9.87. The van der Waals surface area contributed by atoms with Crippen LogP contribution in [0.2, 0.25) is 0 Å². The SMILES string of the molecule is CN(C)c1ccc(Nc2nncc(Nc3ccc(C(C)(C)C)cc3)n2)cc1. The zero-order valence-electron chi connectivity index (χ0n) is 16.5. The van der Waals surface area contributed by atoms with Crippen LogP contribution in [-0.2, 0) is 5.41 Å². The first-order chi connectivity index (χ1) is 12.8. The molecule has 0 aliphatic rings. The van der Waals surface area contributed by atoms with Crippen LogP contribution < -0.4 is 15.5 Å². The molecule has 0 amide bonds. The summed E-state index contributed by atoms with van der Waals surface area (Å²) in [7, 11) is 4.03. The van der Waals surface area contributed by atoms with E-state index in [4.69, 9.17) is 0 Å². The van der Waals surface area contributed by atoms with Gasteiger partial charge in [0.25, 0.3) is 0 Å². The Labute approximate surface area is 160 Å². The van der Waals surface area contributed by atoms with Gasteiger partial charge in [-0.3, -0.25) is 0 Å². The number of hydrogen-bond donors (Lipinski definition) is 2. The van der Waals surface area contributed by atoms with Gasteiger partial charge in [0.15, 0.2) is 5.82 Å². The second-order valence-electron chi connectivity index (χ2n) is 7.68. The van der Waals surface area contributed by atoms with Gasteiger partial charge in [0.05, 0.1) is 6.20 Å². The standard InChI is InChI=1S/C21H26N6/c1-21(2,3)15-6-8-16(9-7-15)23-19-14-22-26-20(25-19)24-17-10-12-18(13-11-17)27(4)5/h6-14H,1-5H3,(H2,23,24,25,26). The summed E-state index contributed by atoms with van der Waals surface area (Å²) in [5.74, 6) is 1.09. The van der Waals surface area contributed by atoms with Crippen LogP contribution in [0.1, 0.15) is 26.3 Å². The molecule has 0 saturated heterocycles. The van der Waals surface area contributed by atoms with E-state index in [-0.39, 0.29) is 5.41 Å². The molecule has 27 heavy (non-hydrogen) atoms. The molecule has 3 rings (SSSR count). The molecule has 140 valence electrons. The highest BCUT2D eigenvalue weighted by molar-refractivity contribution is 5.61. The van der Waals surface area contributed by atoms with Crippen molar-refractivity contribution < 1.29 is 0 Å². The van der Waals surface area contributed by atoms with Crippen molar-refractivity contribution in [3.05, 3.63) is 60.3 Å². The minimum Gasteiger partial charge on any atom is -0.378 e. The lowest BCUT2D eigenvalue weighted by Crippen LogP contribution is -2.10. The first kappa shape index (κ1) is 18.6. The molecule has 0 unspecified atom stereocenters. The minimum absolute atomic E-state index is 0.133. The van der Waals surface area contributed by atoms with Crippen LogP contribution >= 0.6 is 0 Å². The summed E-state index contributed by atoms with van der Waals surface area (Å²) in [5.41, 5.74) is 4.43. The molecular weight excluding hydrogens is 336 g/mol. The van der Waals surface area contributed by atoms with Gasteiger partial charge in [0, 0.05) is 31.2 Å². The van der Waals surface area contributed by atoms with Crippen molar-refractivity contribution in [2.75, 3.05) is 29.6 Å². The normalized spacial score (nSPS) is 11.1. The first-order valence-electron chi connectivity index (χ1n) is 8.93. The van der Waals surface area contributed by atoms with E-state index in [9.17, 15) is 0 Å². The maximum Gasteiger partial charge on any atom is 0.249 e. The molecule has 0 bridgehead atoms. The maximum absolute atomic E-state index is 4.49. The molecule has 0 radical (unpaired) electrons. The van der Waals surface area contributed by atoms with E-state index in [1.54, 1.807) is 6.20 Å². The minimum atomic E-state index is 0.133. The van der Waals surface area contributed by atoms with E-state index in [2.05, 4.69) is 75.8 Å². The van der Waals surface area contributed by atoms with Gasteiger partial charge >= 0.3 is 0 Å². The van der Waals surface area contributed by atoms with Gasteiger partial charge in [0.1, 0.15) is 0 Å². The van der Waals surface area contributed by atoms with Crippen molar-refractivity contribution in [1.82, 2.24) is 15.2 Å². The quantitative estimate of drug-likeness (QED) is 0.684. The lowest BCUT2D eigenvalue weighted by molar-refractivity contribution is 0.590. The monoisotopic (exact) mass is 362 g/mol. The highest BCUT2D eigenvalue weighted by Gasteiger charge is 2.13. The molecule has 2 N–H and O–H groups in total. The van der Waals surface area contributed by atoms with E-state index in [0.29, 0.717) is 11.8 Å². The molecule has 0 saturated carbocycles. The van der Waals surface area contributed by atoms with Gasteiger partial charge in [-0.15, -0.1) is 5.10 Å². The Morgan fingerprint density at radius 1 is 0.815 bits per heavy atom. The van der Waals surface area contributed by atoms with Crippen molar-refractivity contribution in [2.24, 2.45) is 0 Å². The number of rotatable bonds is 5. The predicted molar refractivity (Wildman–Crippen MR) is 112 cm³/mol. The second kappa shape index (κ2) is 7.61. The van der Waals surface area contributed by atoms with Gasteiger partial charge in [-0.25, -0.2) is 0 Å². The molecule has 3 aromatic rings. The van der Waals surface area contributed by atoms with Gasteiger partial charge in [-0.05, 0) is 47.4 Å². The fourth-order valence-corrected chi connectivity index (χ4v) is 2.59. The third-order valence-corrected chi connectivity index (χ3v) is 4.22. The summed E-state index contributed by atoms with van der Waals surface area (Å²) in [6, 6.07) is 16.4. The molecule has 1 aromatic heterocycles. The summed E-state index contributed by atoms with van der Waals surface area (Å²) in [6.45, 7) is 6.60. The molecule has 6 heteroatoms. The lowest BCUT2D eigenvalue weighted by Gasteiger charge is -2.19. The van der Waals surface area contributed by atoms with Crippen LogP contribution in [0.3, 0.4) is 0 Å². The Bertz CT molecular complexity index is 880. The molecular formula is C21H26N6. The molecule has 0 aliphatic carbocycles. The maximum atomic E-state index is 4.49. The molecule has 6 nitrogen and oxygen atoms in total. The molecule has 1 heterocycles. The van der Waals surface area contributed by atoms with Crippen LogP contribution in [-0.4, -0.2) is 29.3 Å². The zero-order valence-corrected chi connectivity index (χ0v) is 16.5. The van der Waals surface area contributed by atoms with E-state index in [1.807, 2.05) is 38.4 Å². The number of nitrogens with one attached hydrogen (secondary N) is 2. The third kappa shape index (κ3) is 4.94. The van der Waals surface area contributed by atoms with E-state index in [1.165, 1.54) is 5.56 Å². The highest BCUT2D eigenvalue weighted by atomic mass is 15.3. The van der Waals surface area contributed by atoms with Gasteiger partial charge < -0.3 is 15.5 Å². The van der Waals surface area contributed by atoms with Crippen molar-refractivity contribution in [3.63, 3.8) is 0 Å². The zero-order chi connectivity index (χ0) is 19.4. The number of anilines is 5. The smallest absolute Gasteiger partial charge is 0.249 e. The molecule has 0 atom stereocenters. The number of aromatic nitrogens is 3. The van der Waals surface area contributed by atoms with Crippen molar-refractivity contribution in [2.45, 2.75) is 26.2 Å². The third-order valence-electron chi connectivity index (χ3n) is 4.22.